The van der Waals surface area contributed by atoms with Crippen LogP contribution in [-0.4, -0.2) is 25.2 Å². The third kappa shape index (κ3) is 3.04. The maximum atomic E-state index is 10.2. The molecule has 3 rings (SSSR count). The SMILES string of the molecule is CC(C)c1cc(-c2cnnn2Cc2ccccc2)c(O)cc1O. The van der Waals surface area contributed by atoms with Crippen molar-refractivity contribution in [2.24, 2.45) is 0 Å². The van der Waals surface area contributed by atoms with Gasteiger partial charge in [0.15, 0.2) is 0 Å². The standard InChI is InChI=1S/C18H19N3O2/c1-12(2)14-8-15(18(23)9-17(14)22)16-10-19-20-21(16)11-13-6-4-3-5-7-13/h3-10,12,22-23H,11H2,1-2H3. The maximum Gasteiger partial charge on any atom is 0.128 e. The molecule has 0 spiro atoms. The van der Waals surface area contributed by atoms with Crippen LogP contribution in [0.2, 0.25) is 0 Å². The molecule has 2 N–H and O–H groups in total. The Kier molecular flexibility index (Phi) is 4.02. The Hall–Kier alpha value is -2.82. The first-order valence-electron chi connectivity index (χ1n) is 7.55. The van der Waals surface area contributed by atoms with Crippen LogP contribution in [0.5, 0.6) is 11.5 Å². The molecule has 0 aliphatic carbocycles. The average Bonchev–Trinajstić information content (AvgIpc) is 2.96. The van der Waals surface area contributed by atoms with Crippen LogP contribution in [0.3, 0.4) is 0 Å². The molecule has 3 aromatic rings. The monoisotopic (exact) mass is 309 g/mol. The van der Waals surface area contributed by atoms with Crippen molar-refractivity contribution in [3.8, 4) is 22.8 Å². The van der Waals surface area contributed by atoms with E-state index in [0.29, 0.717) is 17.8 Å². The van der Waals surface area contributed by atoms with E-state index in [4.69, 9.17) is 0 Å². The van der Waals surface area contributed by atoms with Gasteiger partial charge in [-0.1, -0.05) is 49.4 Å². The summed E-state index contributed by atoms with van der Waals surface area (Å²) in [6.45, 7) is 4.55. The molecular weight excluding hydrogens is 290 g/mol. The van der Waals surface area contributed by atoms with E-state index in [1.807, 2.05) is 44.2 Å². The van der Waals surface area contributed by atoms with Gasteiger partial charge in [-0.25, -0.2) is 4.68 Å². The number of phenols is 2. The molecule has 0 saturated carbocycles. The van der Waals surface area contributed by atoms with Gasteiger partial charge in [0.2, 0.25) is 0 Å². The Balaban J connectivity index is 2.03. The summed E-state index contributed by atoms with van der Waals surface area (Å²) in [4.78, 5) is 0. The largest absolute Gasteiger partial charge is 0.508 e. The zero-order chi connectivity index (χ0) is 16.4. The van der Waals surface area contributed by atoms with Crippen LogP contribution in [0, 0.1) is 0 Å². The van der Waals surface area contributed by atoms with Gasteiger partial charge in [-0.05, 0) is 23.1 Å². The van der Waals surface area contributed by atoms with E-state index in [1.54, 1.807) is 16.9 Å². The lowest BCUT2D eigenvalue weighted by molar-refractivity contribution is 0.444. The highest BCUT2D eigenvalue weighted by atomic mass is 16.3. The number of benzene rings is 2. The van der Waals surface area contributed by atoms with Gasteiger partial charge in [0, 0.05) is 11.6 Å². The lowest BCUT2D eigenvalue weighted by Crippen LogP contribution is -2.04. The average molecular weight is 309 g/mol. The summed E-state index contributed by atoms with van der Waals surface area (Å²) in [7, 11) is 0. The summed E-state index contributed by atoms with van der Waals surface area (Å²) in [5, 5.41) is 28.3. The van der Waals surface area contributed by atoms with Crippen molar-refractivity contribution in [2.45, 2.75) is 26.3 Å². The highest BCUT2D eigenvalue weighted by molar-refractivity contribution is 5.69. The third-order valence-electron chi connectivity index (χ3n) is 3.84. The first kappa shape index (κ1) is 15.1. The van der Waals surface area contributed by atoms with E-state index in [1.165, 1.54) is 6.07 Å². The Labute approximate surface area is 134 Å². The van der Waals surface area contributed by atoms with Crippen molar-refractivity contribution < 1.29 is 10.2 Å². The van der Waals surface area contributed by atoms with Gasteiger partial charge in [-0.2, -0.15) is 0 Å². The smallest absolute Gasteiger partial charge is 0.128 e. The van der Waals surface area contributed by atoms with Gasteiger partial charge in [0.05, 0.1) is 18.4 Å². The molecule has 0 atom stereocenters. The van der Waals surface area contributed by atoms with E-state index in [9.17, 15) is 10.2 Å². The van der Waals surface area contributed by atoms with Crippen molar-refractivity contribution >= 4 is 0 Å². The van der Waals surface area contributed by atoms with E-state index in [-0.39, 0.29) is 17.4 Å². The lowest BCUT2D eigenvalue weighted by Gasteiger charge is -2.13. The molecule has 0 radical (unpaired) electrons. The molecule has 1 heterocycles. The highest BCUT2D eigenvalue weighted by Crippen LogP contribution is 2.37. The molecule has 0 unspecified atom stereocenters. The van der Waals surface area contributed by atoms with E-state index in [2.05, 4.69) is 10.3 Å². The highest BCUT2D eigenvalue weighted by Gasteiger charge is 2.16. The van der Waals surface area contributed by atoms with Gasteiger partial charge >= 0.3 is 0 Å². The van der Waals surface area contributed by atoms with E-state index < -0.39 is 0 Å². The molecule has 5 heteroatoms. The molecule has 0 fully saturated rings. The summed E-state index contributed by atoms with van der Waals surface area (Å²) in [5.41, 5.74) is 3.22. The molecule has 0 amide bonds. The number of hydrogen-bond acceptors (Lipinski definition) is 4. The normalized spacial score (nSPS) is 11.1. The number of nitrogens with zero attached hydrogens (tertiary/aromatic N) is 3. The third-order valence-corrected chi connectivity index (χ3v) is 3.84. The number of hydrogen-bond donors (Lipinski definition) is 2. The molecule has 0 bridgehead atoms. The van der Waals surface area contributed by atoms with Gasteiger partial charge in [-0.15, -0.1) is 5.10 Å². The van der Waals surface area contributed by atoms with E-state index in [0.717, 1.165) is 11.1 Å². The fourth-order valence-electron chi connectivity index (χ4n) is 2.60. The van der Waals surface area contributed by atoms with Crippen molar-refractivity contribution in [1.82, 2.24) is 15.0 Å². The minimum atomic E-state index is 0.0171. The first-order valence-corrected chi connectivity index (χ1v) is 7.55. The van der Waals surface area contributed by atoms with Crippen molar-refractivity contribution in [3.63, 3.8) is 0 Å². The van der Waals surface area contributed by atoms with Crippen LogP contribution in [0.4, 0.5) is 0 Å². The minimum Gasteiger partial charge on any atom is -0.508 e. The van der Waals surface area contributed by atoms with Crippen molar-refractivity contribution in [1.29, 1.82) is 0 Å². The topological polar surface area (TPSA) is 71.2 Å². The molecule has 118 valence electrons. The minimum absolute atomic E-state index is 0.0171. The number of aromatic hydroxyl groups is 2. The van der Waals surface area contributed by atoms with Gasteiger partial charge in [0.25, 0.3) is 0 Å². The Morgan fingerprint density at radius 3 is 2.48 bits per heavy atom. The molecule has 0 saturated heterocycles. The maximum absolute atomic E-state index is 10.2. The number of phenolic OH excluding ortho intramolecular Hbond substituents is 2. The summed E-state index contributed by atoms with van der Waals surface area (Å²) in [5.74, 6) is 0.264. The molecule has 1 aromatic heterocycles. The number of rotatable bonds is 4. The van der Waals surface area contributed by atoms with Gasteiger partial charge < -0.3 is 10.2 Å². The van der Waals surface area contributed by atoms with Crippen LogP contribution >= 0.6 is 0 Å². The Morgan fingerprint density at radius 2 is 1.78 bits per heavy atom. The van der Waals surface area contributed by atoms with E-state index >= 15 is 0 Å². The zero-order valence-corrected chi connectivity index (χ0v) is 13.1. The molecule has 0 aliphatic heterocycles. The molecule has 0 aliphatic rings. The summed E-state index contributed by atoms with van der Waals surface area (Å²) in [6, 6.07) is 13.1. The van der Waals surface area contributed by atoms with Gasteiger partial charge in [0.1, 0.15) is 11.5 Å². The van der Waals surface area contributed by atoms with Crippen LogP contribution in [0.15, 0.2) is 48.7 Å². The first-order chi connectivity index (χ1) is 11.1. The predicted molar refractivity (Wildman–Crippen MR) is 88.4 cm³/mol. The quantitative estimate of drug-likeness (QED) is 0.773. The fourth-order valence-corrected chi connectivity index (χ4v) is 2.60. The molecule has 5 nitrogen and oxygen atoms in total. The summed E-state index contributed by atoms with van der Waals surface area (Å²) >= 11 is 0. The van der Waals surface area contributed by atoms with Crippen LogP contribution in [0.25, 0.3) is 11.3 Å². The van der Waals surface area contributed by atoms with Crippen molar-refractivity contribution in [2.75, 3.05) is 0 Å². The summed E-state index contributed by atoms with van der Waals surface area (Å²) < 4.78 is 1.74. The Morgan fingerprint density at radius 1 is 1.04 bits per heavy atom. The second-order valence-electron chi connectivity index (χ2n) is 5.85. The predicted octanol–water partition coefficient (Wildman–Crippen LogP) is 3.53. The molecule has 23 heavy (non-hydrogen) atoms. The van der Waals surface area contributed by atoms with Gasteiger partial charge in [-0.3, -0.25) is 0 Å². The van der Waals surface area contributed by atoms with Crippen LogP contribution in [0.1, 0.15) is 30.9 Å². The molecular formula is C18H19N3O2. The number of aromatic nitrogens is 3. The summed E-state index contributed by atoms with van der Waals surface area (Å²) in [6.07, 6.45) is 1.62. The lowest BCUT2D eigenvalue weighted by atomic mass is 9.98. The fraction of sp³-hybridized carbons (Fsp3) is 0.222. The zero-order valence-electron chi connectivity index (χ0n) is 13.1. The van der Waals surface area contributed by atoms with Crippen LogP contribution < -0.4 is 0 Å². The second kappa shape index (κ2) is 6.12. The Bertz CT molecular complexity index is 810. The second-order valence-corrected chi connectivity index (χ2v) is 5.85. The van der Waals surface area contributed by atoms with Crippen molar-refractivity contribution in [3.05, 3.63) is 59.8 Å². The molecule has 2 aromatic carbocycles. The van der Waals surface area contributed by atoms with Crippen LogP contribution in [-0.2, 0) is 6.54 Å².